The minimum Gasteiger partial charge on any atom is -0.345 e. The third kappa shape index (κ3) is 3.44. The number of aryl methyl sites for hydroxylation is 2. The molecule has 0 bridgehead atoms. The molecule has 1 atom stereocenters. The first-order chi connectivity index (χ1) is 12.2. The average molecular weight is 374 g/mol. The molecule has 2 aromatic heterocycles. The van der Waals surface area contributed by atoms with Crippen LogP contribution in [0.5, 0.6) is 0 Å². The van der Waals surface area contributed by atoms with E-state index >= 15 is 0 Å². The Labute approximate surface area is 150 Å². The number of benzene rings is 1. The van der Waals surface area contributed by atoms with Crippen LogP contribution in [0, 0.1) is 13.8 Å². The number of aromatic nitrogens is 2. The highest BCUT2D eigenvalue weighted by Gasteiger charge is 2.20. The zero-order valence-corrected chi connectivity index (χ0v) is 15.3. The zero-order valence-electron chi connectivity index (χ0n) is 14.5. The lowest BCUT2D eigenvalue weighted by molar-refractivity contribution is 0.0941. The molecular weight excluding hydrogens is 356 g/mol. The molecule has 0 aliphatic heterocycles. The maximum absolute atomic E-state index is 12.7. The van der Waals surface area contributed by atoms with Crippen LogP contribution in [0.4, 0.5) is 0 Å². The van der Waals surface area contributed by atoms with Crippen LogP contribution in [0.1, 0.15) is 40.3 Å². The lowest BCUT2D eigenvalue weighted by Gasteiger charge is -2.15. The van der Waals surface area contributed by atoms with Gasteiger partial charge in [0.25, 0.3) is 11.6 Å². The molecule has 8 nitrogen and oxygen atoms in total. The lowest BCUT2D eigenvalue weighted by Crippen LogP contribution is -2.27. The van der Waals surface area contributed by atoms with E-state index in [9.17, 15) is 13.2 Å². The normalized spacial score (nSPS) is 12.9. The van der Waals surface area contributed by atoms with Crippen LogP contribution in [0.2, 0.25) is 0 Å². The van der Waals surface area contributed by atoms with Crippen molar-refractivity contribution in [1.29, 1.82) is 0 Å². The molecule has 1 amide bonds. The highest BCUT2D eigenvalue weighted by atomic mass is 32.2. The zero-order chi connectivity index (χ0) is 19.1. The van der Waals surface area contributed by atoms with Gasteiger partial charge in [0, 0.05) is 5.69 Å². The monoisotopic (exact) mass is 374 g/mol. The summed E-state index contributed by atoms with van der Waals surface area (Å²) in [5.74, 6) is -0.296. The molecule has 136 valence electrons. The molecule has 0 aliphatic carbocycles. The van der Waals surface area contributed by atoms with Crippen molar-refractivity contribution in [3.05, 3.63) is 52.8 Å². The second kappa shape index (κ2) is 6.50. The van der Waals surface area contributed by atoms with E-state index in [2.05, 4.69) is 15.5 Å². The minimum atomic E-state index is -3.75. The predicted molar refractivity (Wildman–Crippen MR) is 95.0 cm³/mol. The van der Waals surface area contributed by atoms with Crippen molar-refractivity contribution < 1.29 is 17.7 Å². The van der Waals surface area contributed by atoms with Crippen molar-refractivity contribution in [3.63, 3.8) is 0 Å². The molecular formula is C17H18N4O4S. The summed E-state index contributed by atoms with van der Waals surface area (Å²) in [6.07, 6.45) is 0. The number of fused-ring (bicyclic) bond motifs is 1. The molecule has 3 N–H and O–H groups in total. The number of hydrogen-bond donors (Lipinski definition) is 2. The smallest absolute Gasteiger partial charge is 0.258 e. The molecule has 0 saturated heterocycles. The van der Waals surface area contributed by atoms with Crippen molar-refractivity contribution in [3.8, 4) is 0 Å². The van der Waals surface area contributed by atoms with E-state index in [0.717, 1.165) is 5.56 Å². The third-order valence-electron chi connectivity index (χ3n) is 4.05. The van der Waals surface area contributed by atoms with E-state index in [1.807, 2.05) is 0 Å². The van der Waals surface area contributed by atoms with Gasteiger partial charge in [0.2, 0.25) is 10.0 Å². The maximum Gasteiger partial charge on any atom is 0.258 e. The van der Waals surface area contributed by atoms with Gasteiger partial charge in [-0.15, -0.1) is 0 Å². The van der Waals surface area contributed by atoms with Gasteiger partial charge in [0.15, 0.2) is 0 Å². The van der Waals surface area contributed by atoms with E-state index in [1.54, 1.807) is 39.0 Å². The number of carbonyl (C=O) groups is 1. The summed E-state index contributed by atoms with van der Waals surface area (Å²) in [7, 11) is -3.75. The SMILES string of the molecule is Cc1cc(C(=O)NC(C)c2ccc(S(N)(=O)=O)cc2)c2c(C)noc2n1. The first kappa shape index (κ1) is 18.0. The molecule has 2 heterocycles. The average Bonchev–Trinajstić information content (AvgIpc) is 2.94. The van der Waals surface area contributed by atoms with Crippen LogP contribution in [0.15, 0.2) is 39.8 Å². The number of rotatable bonds is 4. The van der Waals surface area contributed by atoms with Crippen LogP contribution < -0.4 is 10.5 Å². The number of amides is 1. The fraction of sp³-hybridized carbons (Fsp3) is 0.235. The van der Waals surface area contributed by atoms with Crippen molar-refractivity contribution in [2.75, 3.05) is 0 Å². The first-order valence-electron chi connectivity index (χ1n) is 7.84. The van der Waals surface area contributed by atoms with Crippen LogP contribution in [0.25, 0.3) is 11.1 Å². The third-order valence-corrected chi connectivity index (χ3v) is 4.98. The van der Waals surface area contributed by atoms with Crippen molar-refractivity contribution >= 4 is 27.0 Å². The van der Waals surface area contributed by atoms with E-state index < -0.39 is 10.0 Å². The van der Waals surface area contributed by atoms with E-state index in [1.165, 1.54) is 12.1 Å². The topological polar surface area (TPSA) is 128 Å². The van der Waals surface area contributed by atoms with Gasteiger partial charge in [-0.3, -0.25) is 4.79 Å². The lowest BCUT2D eigenvalue weighted by atomic mass is 10.1. The van der Waals surface area contributed by atoms with Gasteiger partial charge in [0.1, 0.15) is 0 Å². The fourth-order valence-corrected chi connectivity index (χ4v) is 3.22. The molecule has 3 aromatic rings. The standard InChI is InChI=1S/C17H18N4O4S/c1-9-8-14(15-11(3)21-25-17(15)19-9)16(22)20-10(2)12-4-6-13(7-5-12)26(18,23)24/h4-8,10H,1-3H3,(H,20,22)(H2,18,23,24). The van der Waals surface area contributed by atoms with Gasteiger partial charge >= 0.3 is 0 Å². The van der Waals surface area contributed by atoms with Crippen LogP contribution in [0.3, 0.4) is 0 Å². The van der Waals surface area contributed by atoms with Gasteiger partial charge < -0.3 is 9.84 Å². The molecule has 1 aromatic carbocycles. The summed E-state index contributed by atoms with van der Waals surface area (Å²) >= 11 is 0. The molecule has 0 spiro atoms. The fourth-order valence-electron chi connectivity index (χ4n) is 2.70. The second-order valence-corrected chi connectivity index (χ2v) is 7.63. The molecule has 3 rings (SSSR count). The number of primary sulfonamides is 1. The van der Waals surface area contributed by atoms with E-state index in [-0.39, 0.29) is 16.8 Å². The molecule has 0 radical (unpaired) electrons. The molecule has 0 aliphatic rings. The molecule has 9 heteroatoms. The number of carbonyl (C=O) groups excluding carboxylic acids is 1. The van der Waals surface area contributed by atoms with Gasteiger partial charge in [-0.05, 0) is 44.5 Å². The first-order valence-corrected chi connectivity index (χ1v) is 9.38. The number of hydrogen-bond acceptors (Lipinski definition) is 6. The van der Waals surface area contributed by atoms with Crippen LogP contribution in [-0.2, 0) is 10.0 Å². The van der Waals surface area contributed by atoms with Crippen molar-refractivity contribution in [2.45, 2.75) is 31.7 Å². The quantitative estimate of drug-likeness (QED) is 0.718. The molecule has 26 heavy (non-hydrogen) atoms. The Morgan fingerprint density at radius 3 is 2.50 bits per heavy atom. The summed E-state index contributed by atoms with van der Waals surface area (Å²) in [4.78, 5) is 17.0. The molecule has 1 unspecified atom stereocenters. The number of nitrogens with zero attached hydrogens (tertiary/aromatic N) is 2. The summed E-state index contributed by atoms with van der Waals surface area (Å²) in [5.41, 5.74) is 2.72. The Hall–Kier alpha value is -2.78. The van der Waals surface area contributed by atoms with Crippen molar-refractivity contribution in [2.24, 2.45) is 5.14 Å². The highest BCUT2D eigenvalue weighted by molar-refractivity contribution is 7.89. The Balaban J connectivity index is 1.87. The summed E-state index contributed by atoms with van der Waals surface area (Å²) in [5, 5.41) is 12.4. The molecule has 0 saturated carbocycles. The van der Waals surface area contributed by atoms with E-state index in [4.69, 9.17) is 9.66 Å². The van der Waals surface area contributed by atoms with Gasteiger partial charge in [-0.25, -0.2) is 18.5 Å². The Kier molecular flexibility index (Phi) is 4.51. The highest BCUT2D eigenvalue weighted by Crippen LogP contribution is 2.23. The number of nitrogens with one attached hydrogen (secondary N) is 1. The van der Waals surface area contributed by atoms with Crippen molar-refractivity contribution in [1.82, 2.24) is 15.5 Å². The van der Waals surface area contributed by atoms with Gasteiger partial charge in [0.05, 0.1) is 27.6 Å². The Morgan fingerprint density at radius 1 is 1.23 bits per heavy atom. The van der Waals surface area contributed by atoms with Gasteiger partial charge in [-0.1, -0.05) is 17.3 Å². The number of pyridine rings is 1. The summed E-state index contributed by atoms with van der Waals surface area (Å²) in [6.45, 7) is 5.31. The number of sulfonamides is 1. The maximum atomic E-state index is 12.7. The number of nitrogens with two attached hydrogens (primary N) is 1. The summed E-state index contributed by atoms with van der Waals surface area (Å²) < 4.78 is 27.8. The minimum absolute atomic E-state index is 0.0198. The largest absolute Gasteiger partial charge is 0.345 e. The Morgan fingerprint density at radius 2 is 1.88 bits per heavy atom. The summed E-state index contributed by atoms with van der Waals surface area (Å²) in [6, 6.07) is 7.38. The van der Waals surface area contributed by atoms with Crippen LogP contribution >= 0.6 is 0 Å². The Bertz CT molecular complexity index is 1090. The molecule has 0 fully saturated rings. The van der Waals surface area contributed by atoms with E-state index in [0.29, 0.717) is 28.1 Å². The predicted octanol–water partition coefficient (Wildman–Crippen LogP) is 1.98. The second-order valence-electron chi connectivity index (χ2n) is 6.07. The van der Waals surface area contributed by atoms with Gasteiger partial charge in [-0.2, -0.15) is 0 Å². The van der Waals surface area contributed by atoms with Crippen LogP contribution in [-0.4, -0.2) is 24.5 Å².